The molecule has 0 saturated carbocycles. The summed E-state index contributed by atoms with van der Waals surface area (Å²) in [5.41, 5.74) is 1.21. The quantitative estimate of drug-likeness (QED) is 0.430. The van der Waals surface area contributed by atoms with Crippen molar-refractivity contribution in [2.45, 2.75) is 26.7 Å². The fraction of sp³-hybridized carbons (Fsp3) is 0.714. The molecule has 0 aromatic heterocycles. The van der Waals surface area contributed by atoms with E-state index < -0.39 is 0 Å². The summed E-state index contributed by atoms with van der Waals surface area (Å²) < 4.78 is 0. The van der Waals surface area contributed by atoms with Crippen LogP contribution in [0.25, 0.3) is 0 Å². The lowest BCUT2D eigenvalue weighted by atomic mass is 9.85. The van der Waals surface area contributed by atoms with Crippen LogP contribution in [0.2, 0.25) is 0 Å². The van der Waals surface area contributed by atoms with Crippen molar-refractivity contribution in [3.63, 3.8) is 0 Å². The molecule has 2 heteroatoms. The Morgan fingerprint density at radius 2 is 2.33 bits per heavy atom. The molecule has 0 aliphatic heterocycles. The van der Waals surface area contributed by atoms with Crippen molar-refractivity contribution in [1.82, 2.24) is 5.23 Å². The summed E-state index contributed by atoms with van der Waals surface area (Å²) in [6, 6.07) is 0. The number of rotatable bonds is 5. The van der Waals surface area contributed by atoms with E-state index in [4.69, 9.17) is 0 Å². The zero-order valence-electron chi connectivity index (χ0n) is 6.54. The molecule has 0 spiro atoms. The van der Waals surface area contributed by atoms with Crippen molar-refractivity contribution in [3.05, 3.63) is 12.1 Å². The molecule has 0 radical (unpaired) electrons. The Morgan fingerprint density at radius 1 is 1.67 bits per heavy atom. The van der Waals surface area contributed by atoms with Gasteiger partial charge < -0.3 is 5.23 Å². The molecule has 0 aliphatic rings. The van der Waals surface area contributed by atoms with Crippen LogP contribution in [-0.2, 0) is 0 Å². The van der Waals surface area contributed by atoms with Gasteiger partial charge in [0.1, 0.15) is 0 Å². The average Bonchev–Trinajstić information content (AvgIpc) is 1.80. The monoisotopic (exact) mass is 125 g/mol. The zero-order valence-corrected chi connectivity index (χ0v) is 6.54. The minimum atomic E-state index is 0.972. The third-order valence-electron chi connectivity index (χ3n) is 1.13. The lowest BCUT2D eigenvalue weighted by Crippen LogP contribution is -2.20. The molecule has 0 unspecified atom stereocenters. The van der Waals surface area contributed by atoms with Gasteiger partial charge in [0.15, 0.2) is 0 Å². The van der Waals surface area contributed by atoms with Crippen LogP contribution < -0.4 is 5.23 Å². The van der Waals surface area contributed by atoms with Gasteiger partial charge in [0.05, 0.1) is 0 Å². The van der Waals surface area contributed by atoms with Gasteiger partial charge in [-0.25, -0.2) is 0 Å². The van der Waals surface area contributed by atoms with Gasteiger partial charge in [-0.15, -0.1) is 6.58 Å². The molecule has 9 heavy (non-hydrogen) atoms. The van der Waals surface area contributed by atoms with Crippen LogP contribution in [0.4, 0.5) is 0 Å². The van der Waals surface area contributed by atoms with Crippen LogP contribution >= 0.6 is 0 Å². The Kier molecular flexibility index (Phi) is 5.74. The van der Waals surface area contributed by atoms with Crippen LogP contribution in [-0.4, -0.2) is 14.0 Å². The standard InChI is InChI=1S/C7H16BN/c1-4-5-6-9-8-7(2)3/h8-9H,2,4-6H2,1,3H3. The molecular weight excluding hydrogens is 109 g/mol. The van der Waals surface area contributed by atoms with E-state index in [0.29, 0.717) is 0 Å². The summed E-state index contributed by atoms with van der Waals surface area (Å²) in [5, 5.41) is 3.29. The van der Waals surface area contributed by atoms with Crippen molar-refractivity contribution in [2.24, 2.45) is 0 Å². The molecule has 0 aliphatic carbocycles. The minimum Gasteiger partial charge on any atom is -0.355 e. The van der Waals surface area contributed by atoms with Gasteiger partial charge in [-0.2, -0.15) is 0 Å². The van der Waals surface area contributed by atoms with E-state index in [1.807, 2.05) is 6.92 Å². The van der Waals surface area contributed by atoms with Gasteiger partial charge in [0.2, 0.25) is 7.41 Å². The lowest BCUT2D eigenvalue weighted by molar-refractivity contribution is 0.767. The fourth-order valence-corrected chi connectivity index (χ4v) is 0.604. The van der Waals surface area contributed by atoms with Gasteiger partial charge in [0, 0.05) is 0 Å². The first-order valence-corrected chi connectivity index (χ1v) is 3.62. The molecule has 0 atom stereocenters. The van der Waals surface area contributed by atoms with Gasteiger partial charge >= 0.3 is 0 Å². The van der Waals surface area contributed by atoms with Gasteiger partial charge in [0.25, 0.3) is 0 Å². The molecule has 0 bridgehead atoms. The SMILES string of the molecule is C=C(C)BNCCCC. The van der Waals surface area contributed by atoms with Crippen LogP contribution in [0.3, 0.4) is 0 Å². The highest BCUT2D eigenvalue weighted by atomic mass is 14.7. The van der Waals surface area contributed by atoms with Crippen molar-refractivity contribution < 1.29 is 0 Å². The molecule has 0 rings (SSSR count). The number of unbranched alkanes of at least 4 members (excludes halogenated alkanes) is 1. The van der Waals surface area contributed by atoms with E-state index in [9.17, 15) is 0 Å². The summed E-state index contributed by atoms with van der Waals surface area (Å²) in [4.78, 5) is 0. The maximum Gasteiger partial charge on any atom is 0.230 e. The van der Waals surface area contributed by atoms with Crippen LogP contribution in [0.1, 0.15) is 26.7 Å². The van der Waals surface area contributed by atoms with Gasteiger partial charge in [-0.05, 0) is 13.0 Å². The largest absolute Gasteiger partial charge is 0.355 e. The van der Waals surface area contributed by atoms with Crippen LogP contribution in [0, 0.1) is 0 Å². The highest BCUT2D eigenvalue weighted by Crippen LogP contribution is 1.83. The third kappa shape index (κ3) is 7.76. The second-order valence-corrected chi connectivity index (χ2v) is 2.49. The van der Waals surface area contributed by atoms with E-state index >= 15 is 0 Å². The number of hydrogen-bond donors (Lipinski definition) is 1. The summed E-state index contributed by atoms with van der Waals surface area (Å²) in [6.45, 7) is 9.16. The molecule has 0 amide bonds. The Labute approximate surface area is 58.8 Å². The van der Waals surface area contributed by atoms with Crippen molar-refractivity contribution >= 4 is 7.41 Å². The van der Waals surface area contributed by atoms with E-state index in [1.54, 1.807) is 0 Å². The highest BCUT2D eigenvalue weighted by molar-refractivity contribution is 6.41. The zero-order chi connectivity index (χ0) is 7.11. The fourth-order valence-electron chi connectivity index (χ4n) is 0.604. The normalized spacial score (nSPS) is 9.11. The maximum absolute atomic E-state index is 3.79. The van der Waals surface area contributed by atoms with E-state index in [2.05, 4.69) is 18.7 Å². The lowest BCUT2D eigenvalue weighted by Gasteiger charge is -1.98. The van der Waals surface area contributed by atoms with Crippen molar-refractivity contribution in [3.8, 4) is 0 Å². The molecule has 52 valence electrons. The molecule has 0 heterocycles. The first-order valence-electron chi connectivity index (χ1n) is 3.62. The predicted molar refractivity (Wildman–Crippen MR) is 44.9 cm³/mol. The Hall–Kier alpha value is -0.235. The first kappa shape index (κ1) is 8.76. The second-order valence-electron chi connectivity index (χ2n) is 2.49. The molecule has 0 fully saturated rings. The van der Waals surface area contributed by atoms with E-state index in [0.717, 1.165) is 14.0 Å². The molecular formula is C7H16BN. The average molecular weight is 125 g/mol. The molecule has 0 aromatic rings. The Bertz CT molecular complexity index is 81.0. The van der Waals surface area contributed by atoms with Gasteiger partial charge in [-0.1, -0.05) is 25.7 Å². The molecule has 0 aromatic carbocycles. The van der Waals surface area contributed by atoms with Crippen LogP contribution in [0.15, 0.2) is 12.1 Å². The summed E-state index contributed by atoms with van der Waals surface area (Å²) >= 11 is 0. The van der Waals surface area contributed by atoms with Crippen LogP contribution in [0.5, 0.6) is 0 Å². The van der Waals surface area contributed by atoms with E-state index in [1.165, 1.54) is 18.3 Å². The summed E-state index contributed by atoms with van der Waals surface area (Å²) in [6.07, 6.45) is 2.54. The molecule has 0 saturated heterocycles. The summed E-state index contributed by atoms with van der Waals surface area (Å²) in [5.74, 6) is 0. The topological polar surface area (TPSA) is 12.0 Å². The minimum absolute atomic E-state index is 0.972. The number of nitrogens with one attached hydrogen (secondary N) is 1. The second kappa shape index (κ2) is 5.89. The number of hydrogen-bond acceptors (Lipinski definition) is 1. The smallest absolute Gasteiger partial charge is 0.230 e. The maximum atomic E-state index is 3.79. The van der Waals surface area contributed by atoms with Gasteiger partial charge in [-0.3, -0.25) is 0 Å². The third-order valence-corrected chi connectivity index (χ3v) is 1.13. The first-order chi connectivity index (χ1) is 4.27. The predicted octanol–water partition coefficient (Wildman–Crippen LogP) is 1.26. The highest BCUT2D eigenvalue weighted by Gasteiger charge is 1.87. The molecule has 1 nitrogen and oxygen atoms in total. The van der Waals surface area contributed by atoms with Crippen molar-refractivity contribution in [2.75, 3.05) is 6.54 Å². The Balaban J connectivity index is 2.83. The number of allylic oxidation sites excluding steroid dienone is 1. The van der Waals surface area contributed by atoms with E-state index in [-0.39, 0.29) is 0 Å². The summed E-state index contributed by atoms with van der Waals surface area (Å²) in [7, 11) is 0.972. The van der Waals surface area contributed by atoms with Crippen molar-refractivity contribution in [1.29, 1.82) is 0 Å². The molecule has 1 N–H and O–H groups in total. The Morgan fingerprint density at radius 3 is 2.78 bits per heavy atom.